The Morgan fingerprint density at radius 3 is 3.00 bits per heavy atom. The summed E-state index contributed by atoms with van der Waals surface area (Å²) < 4.78 is 98.7. The maximum atomic E-state index is 8.58. The highest BCUT2D eigenvalue weighted by Crippen LogP contribution is 2.27. The lowest BCUT2D eigenvalue weighted by atomic mass is 10.2. The zero-order chi connectivity index (χ0) is 25.5. The zero-order valence-corrected chi connectivity index (χ0v) is 12.5. The number of para-hydroxylation sites is 2. The van der Waals surface area contributed by atoms with Crippen molar-refractivity contribution < 1.29 is 16.4 Å². The molecule has 22 heavy (non-hydrogen) atoms. The third-order valence-electron chi connectivity index (χ3n) is 3.23. The molecule has 0 amide bonds. The fourth-order valence-electron chi connectivity index (χ4n) is 2.16. The molecule has 2 aromatic rings. The number of hydrogen-bond donors (Lipinski definition) is 1. The van der Waals surface area contributed by atoms with Crippen LogP contribution in [0.2, 0.25) is 0 Å². The molecule has 4 rings (SSSR count). The molecule has 1 N–H and O–H groups in total. The van der Waals surface area contributed by atoms with Gasteiger partial charge in [-0.2, -0.15) is 0 Å². The van der Waals surface area contributed by atoms with Gasteiger partial charge in [-0.25, -0.2) is 4.99 Å². The summed E-state index contributed by atoms with van der Waals surface area (Å²) in [4.78, 5) is 6.18. The molecule has 5 heteroatoms. The second-order valence-corrected chi connectivity index (χ2v) is 5.87. The molecule has 0 unspecified atom stereocenters. The molecule has 0 saturated carbocycles. The molecular formula is C17H20N4S. The van der Waals surface area contributed by atoms with Crippen LogP contribution in [0.1, 0.15) is 21.3 Å². The van der Waals surface area contributed by atoms with E-state index in [9.17, 15) is 0 Å². The zero-order valence-electron chi connectivity index (χ0n) is 23.7. The highest BCUT2D eigenvalue weighted by molar-refractivity contribution is 7.09. The van der Waals surface area contributed by atoms with Gasteiger partial charge in [0.25, 0.3) is 0 Å². The normalized spacial score (nSPS) is 31.1. The predicted molar refractivity (Wildman–Crippen MR) is 92.0 cm³/mol. The van der Waals surface area contributed by atoms with Crippen molar-refractivity contribution in [3.05, 3.63) is 45.0 Å². The van der Waals surface area contributed by atoms with Gasteiger partial charge in [0.15, 0.2) is 0 Å². The Labute approximate surface area is 151 Å². The van der Waals surface area contributed by atoms with Crippen molar-refractivity contribution in [1.29, 1.82) is 0 Å². The lowest BCUT2D eigenvalue weighted by molar-refractivity contribution is 0.206. The summed E-state index contributed by atoms with van der Waals surface area (Å²) in [6, 6.07) is -2.65. The van der Waals surface area contributed by atoms with E-state index in [2.05, 4.69) is 10.3 Å². The molecule has 0 atom stereocenters. The number of hydrogen-bond acceptors (Lipinski definition) is 5. The van der Waals surface area contributed by atoms with Crippen molar-refractivity contribution in [1.82, 2.24) is 9.80 Å². The van der Waals surface area contributed by atoms with Gasteiger partial charge in [0.1, 0.15) is 10.5 Å². The number of anilines is 1. The number of likely N-dealkylation sites (N-methyl/N-ethyl adjacent to an activating group) is 1. The van der Waals surface area contributed by atoms with Crippen LogP contribution in [-0.4, -0.2) is 42.9 Å². The molecule has 4 nitrogen and oxygen atoms in total. The smallest absolute Gasteiger partial charge is 0.127 e. The number of nitrogens with one attached hydrogen (secondary N) is 1. The molecule has 1 saturated heterocycles. The van der Waals surface area contributed by atoms with Gasteiger partial charge in [0, 0.05) is 35.1 Å². The van der Waals surface area contributed by atoms with Gasteiger partial charge in [-0.05, 0) is 32.0 Å². The quantitative estimate of drug-likeness (QED) is 0.867. The first-order chi connectivity index (χ1) is 15.5. The molecule has 0 spiro atoms. The topological polar surface area (TPSA) is 30.9 Å². The van der Waals surface area contributed by atoms with Gasteiger partial charge in [-0.15, -0.1) is 11.3 Å². The fraction of sp³-hybridized carbons (Fsp3) is 0.353. The maximum absolute atomic E-state index is 8.58. The van der Waals surface area contributed by atoms with Gasteiger partial charge in [-0.3, -0.25) is 0 Å². The summed E-state index contributed by atoms with van der Waals surface area (Å²) in [5.41, 5.74) is -0.458. The van der Waals surface area contributed by atoms with Crippen LogP contribution in [0.4, 0.5) is 11.4 Å². The first-order valence-corrected chi connectivity index (χ1v) is 7.38. The minimum Gasteiger partial charge on any atom is -0.355 e. The second-order valence-electron chi connectivity index (χ2n) is 4.87. The second kappa shape index (κ2) is 5.41. The number of rotatable bonds is 1. The monoisotopic (exact) mass is 324 g/mol. The van der Waals surface area contributed by atoms with Crippen LogP contribution in [0.15, 0.2) is 35.2 Å². The molecule has 1 fully saturated rings. The van der Waals surface area contributed by atoms with E-state index >= 15 is 0 Å². The van der Waals surface area contributed by atoms with E-state index in [1.165, 1.54) is 4.90 Å². The highest BCUT2D eigenvalue weighted by Gasteiger charge is 2.20. The van der Waals surface area contributed by atoms with Crippen molar-refractivity contribution in [2.24, 2.45) is 4.99 Å². The Bertz CT molecular complexity index is 1300. The minimum absolute atomic E-state index is 0.0899. The third kappa shape index (κ3) is 2.40. The van der Waals surface area contributed by atoms with Crippen molar-refractivity contribution in [2.45, 2.75) is 6.85 Å². The molecule has 0 aliphatic carbocycles. The third-order valence-corrected chi connectivity index (χ3v) is 4.03. The molecule has 2 aliphatic rings. The van der Waals surface area contributed by atoms with E-state index < -0.39 is 50.1 Å². The van der Waals surface area contributed by atoms with Crippen molar-refractivity contribution >= 4 is 28.5 Å². The first kappa shape index (κ1) is 5.98. The summed E-state index contributed by atoms with van der Waals surface area (Å²) in [5, 5.41) is 2.56. The highest BCUT2D eigenvalue weighted by atomic mass is 32.1. The van der Waals surface area contributed by atoms with Gasteiger partial charge in [-0.1, -0.05) is 12.1 Å². The average molecular weight is 325 g/mol. The summed E-state index contributed by atoms with van der Waals surface area (Å²) in [6.07, 6.45) is 0. The van der Waals surface area contributed by atoms with Gasteiger partial charge in [0.05, 0.1) is 28.9 Å². The molecule has 3 heterocycles. The summed E-state index contributed by atoms with van der Waals surface area (Å²) in [7, 11) is 1.55. The Morgan fingerprint density at radius 1 is 1.36 bits per heavy atom. The fourth-order valence-corrected chi connectivity index (χ4v) is 2.90. The molecular weight excluding hydrogens is 292 g/mol. The van der Waals surface area contributed by atoms with E-state index in [0.29, 0.717) is 11.3 Å². The van der Waals surface area contributed by atoms with Crippen molar-refractivity contribution in [3.63, 3.8) is 0 Å². The summed E-state index contributed by atoms with van der Waals surface area (Å²) in [5.74, 6) is -0.317. The lowest BCUT2D eigenvalue weighted by Gasteiger charge is -2.35. The van der Waals surface area contributed by atoms with E-state index in [-0.39, 0.29) is 45.1 Å². The molecule has 114 valence electrons. The van der Waals surface area contributed by atoms with E-state index in [4.69, 9.17) is 16.4 Å². The minimum atomic E-state index is -2.70. The lowest BCUT2D eigenvalue weighted by Crippen LogP contribution is -2.47. The molecule has 1 aromatic heterocycles. The molecule has 0 bridgehead atoms. The van der Waals surface area contributed by atoms with Gasteiger partial charge >= 0.3 is 0 Å². The molecule has 1 aromatic carbocycles. The number of thiophene rings is 1. The number of aryl methyl sites for hydroxylation is 1. The van der Waals surface area contributed by atoms with Gasteiger partial charge in [0.2, 0.25) is 0 Å². The van der Waals surface area contributed by atoms with Crippen LogP contribution >= 0.6 is 11.3 Å². The molecule has 0 radical (unpaired) electrons. The van der Waals surface area contributed by atoms with Crippen molar-refractivity contribution in [3.8, 4) is 0 Å². The van der Waals surface area contributed by atoms with Crippen LogP contribution < -0.4 is 15.2 Å². The van der Waals surface area contributed by atoms with Crippen LogP contribution in [0.5, 0.6) is 0 Å². The van der Waals surface area contributed by atoms with E-state index in [1.807, 2.05) is 0 Å². The van der Waals surface area contributed by atoms with Crippen molar-refractivity contribution in [2.75, 3.05) is 38.4 Å². The Kier molecular flexibility index (Phi) is 1.47. The Hall–Kier alpha value is -1.85. The SMILES string of the molecule is [2H]c1c([2H])c([2H])c2c(c1[2H])N=c1sc(C([2H])([2H])[2H])c([2H])c1=C(N1C([2H])([2H])CN(C)CC1([2H])[2H])N2. The van der Waals surface area contributed by atoms with Crippen LogP contribution in [0.3, 0.4) is 0 Å². The summed E-state index contributed by atoms with van der Waals surface area (Å²) >= 11 is 0.627. The Morgan fingerprint density at radius 2 is 2.18 bits per heavy atom. The average Bonchev–Trinajstić information content (AvgIpc) is 2.90. The van der Waals surface area contributed by atoms with E-state index in [0.717, 1.165) is 4.90 Å². The first-order valence-electron chi connectivity index (χ1n) is 12.6. The standard InChI is InChI=1S/C17H20N4S/c1-12-11-13-16(21-9-7-20(2)8-10-21)18-14-5-3-4-6-15(14)19-17(13)22-12/h3-6,11,18H,7-10H2,1-2H3/i1D3,3D,4D,5D,6D,9D2,10D2,11D. The number of benzene rings is 1. The largest absolute Gasteiger partial charge is 0.355 e. The number of fused-ring (bicyclic) bond motifs is 2. The number of nitrogens with zero attached hydrogens (tertiary/aromatic N) is 3. The number of piperazine rings is 1. The molecule has 2 aliphatic heterocycles. The Balaban J connectivity index is 2.17. The van der Waals surface area contributed by atoms with Crippen LogP contribution in [0.25, 0.3) is 5.82 Å². The van der Waals surface area contributed by atoms with Gasteiger partial charge < -0.3 is 15.1 Å². The summed E-state index contributed by atoms with van der Waals surface area (Å²) in [6.45, 7) is -7.80. The predicted octanol–water partition coefficient (Wildman–Crippen LogP) is 1.75. The van der Waals surface area contributed by atoms with E-state index in [1.54, 1.807) is 7.05 Å². The van der Waals surface area contributed by atoms with Crippen LogP contribution in [0, 0.1) is 6.85 Å². The maximum Gasteiger partial charge on any atom is 0.127 e. The van der Waals surface area contributed by atoms with Crippen LogP contribution in [-0.2, 0) is 0 Å².